The Morgan fingerprint density at radius 1 is 1.11 bits per heavy atom. The first kappa shape index (κ1) is 19.3. The van der Waals surface area contributed by atoms with Gasteiger partial charge < -0.3 is 4.90 Å². The van der Waals surface area contributed by atoms with E-state index in [1.54, 1.807) is 30.3 Å². The highest BCUT2D eigenvalue weighted by Crippen LogP contribution is 2.35. The van der Waals surface area contributed by atoms with Crippen LogP contribution in [0.25, 0.3) is 0 Å². The molecule has 1 fully saturated rings. The summed E-state index contributed by atoms with van der Waals surface area (Å²) in [5.74, 6) is 0.240. The van der Waals surface area contributed by atoms with Crippen molar-refractivity contribution >= 4 is 38.9 Å². The number of sulfonamides is 1. The number of amides is 1. The van der Waals surface area contributed by atoms with Crippen molar-refractivity contribution in [2.45, 2.75) is 37.9 Å². The first-order valence-electron chi connectivity index (χ1n) is 9.60. The molecule has 0 radical (unpaired) electrons. The Balaban J connectivity index is 1.47. The number of fused-ring (bicyclic) bond motifs is 1. The van der Waals surface area contributed by atoms with Gasteiger partial charge in [0.05, 0.1) is 5.75 Å². The average Bonchev–Trinajstić information content (AvgIpc) is 3.32. The molecule has 7 heteroatoms. The van der Waals surface area contributed by atoms with Gasteiger partial charge in [0, 0.05) is 28.9 Å². The second kappa shape index (κ2) is 7.76. The molecule has 0 atom stereocenters. The lowest BCUT2D eigenvalue weighted by Gasteiger charge is -2.21. The van der Waals surface area contributed by atoms with Crippen LogP contribution in [0, 0.1) is 5.92 Å². The monoisotopic (exact) mass is 418 g/mol. The number of rotatable bonds is 5. The number of carbonyl (C=O) groups is 1. The fourth-order valence-corrected chi connectivity index (χ4v) is 5.42. The smallest absolute Gasteiger partial charge is 0.236 e. The van der Waals surface area contributed by atoms with Crippen molar-refractivity contribution in [3.05, 3.63) is 58.6 Å². The molecule has 1 saturated carbocycles. The molecule has 1 aliphatic heterocycles. The zero-order valence-electron chi connectivity index (χ0n) is 15.5. The SMILES string of the molecule is O=C(C1CCCC1)N1CCc2cc(NS(=O)(=O)Cc3ccc(Cl)cc3)ccc21. The highest BCUT2D eigenvalue weighted by Gasteiger charge is 2.32. The fraction of sp³-hybridized carbons (Fsp3) is 0.381. The third-order valence-corrected chi connectivity index (χ3v) is 7.00. The Hall–Kier alpha value is -2.05. The third kappa shape index (κ3) is 4.18. The molecule has 0 unspecified atom stereocenters. The van der Waals surface area contributed by atoms with E-state index in [2.05, 4.69) is 4.72 Å². The van der Waals surface area contributed by atoms with Gasteiger partial charge in [-0.3, -0.25) is 9.52 Å². The number of halogens is 1. The summed E-state index contributed by atoms with van der Waals surface area (Å²) >= 11 is 5.85. The molecule has 1 heterocycles. The summed E-state index contributed by atoms with van der Waals surface area (Å²) in [6.07, 6.45) is 4.97. The Bertz CT molecular complexity index is 983. The van der Waals surface area contributed by atoms with Crippen molar-refractivity contribution in [3.63, 3.8) is 0 Å². The predicted octanol–water partition coefficient (Wildman–Crippen LogP) is 4.36. The molecule has 1 aliphatic carbocycles. The molecule has 148 valence electrons. The van der Waals surface area contributed by atoms with Gasteiger partial charge in [-0.15, -0.1) is 0 Å². The summed E-state index contributed by atoms with van der Waals surface area (Å²) in [5.41, 5.74) is 3.13. The largest absolute Gasteiger partial charge is 0.312 e. The number of nitrogens with zero attached hydrogens (tertiary/aromatic N) is 1. The summed E-state index contributed by atoms with van der Waals surface area (Å²) in [6.45, 7) is 0.672. The van der Waals surface area contributed by atoms with E-state index in [9.17, 15) is 13.2 Å². The average molecular weight is 419 g/mol. The lowest BCUT2D eigenvalue weighted by Crippen LogP contribution is -2.33. The number of benzene rings is 2. The highest BCUT2D eigenvalue weighted by molar-refractivity contribution is 7.91. The van der Waals surface area contributed by atoms with Crippen LogP contribution in [0.5, 0.6) is 0 Å². The minimum absolute atomic E-state index is 0.118. The molecule has 0 spiro atoms. The standard InChI is InChI=1S/C21H23ClN2O3S/c22-18-7-5-15(6-8-18)14-28(26,27)23-19-9-10-20-17(13-19)11-12-24(20)21(25)16-3-1-2-4-16/h5-10,13,16,23H,1-4,11-12,14H2. The van der Waals surface area contributed by atoms with Gasteiger partial charge in [-0.25, -0.2) is 8.42 Å². The zero-order chi connectivity index (χ0) is 19.7. The van der Waals surface area contributed by atoms with Crippen molar-refractivity contribution in [2.24, 2.45) is 5.92 Å². The molecule has 0 aromatic heterocycles. The van der Waals surface area contributed by atoms with E-state index >= 15 is 0 Å². The quantitative estimate of drug-likeness (QED) is 0.784. The van der Waals surface area contributed by atoms with E-state index in [1.165, 1.54) is 0 Å². The van der Waals surface area contributed by atoms with Crippen LogP contribution in [0.3, 0.4) is 0 Å². The summed E-state index contributed by atoms with van der Waals surface area (Å²) in [5, 5.41) is 0.574. The molecule has 1 N–H and O–H groups in total. The number of hydrogen-bond acceptors (Lipinski definition) is 3. The van der Waals surface area contributed by atoms with Gasteiger partial charge in [-0.2, -0.15) is 0 Å². The lowest BCUT2D eigenvalue weighted by molar-refractivity contribution is -0.122. The Labute approximate surface area is 170 Å². The van der Waals surface area contributed by atoms with Crippen LogP contribution in [0.15, 0.2) is 42.5 Å². The molecule has 0 saturated heterocycles. The minimum atomic E-state index is -3.53. The second-order valence-corrected chi connectivity index (χ2v) is 9.71. The van der Waals surface area contributed by atoms with Crippen LogP contribution in [0.4, 0.5) is 11.4 Å². The topological polar surface area (TPSA) is 66.5 Å². The molecule has 2 aliphatic rings. The molecule has 2 aromatic rings. The number of hydrogen-bond donors (Lipinski definition) is 1. The lowest BCUT2D eigenvalue weighted by atomic mass is 10.1. The van der Waals surface area contributed by atoms with E-state index in [1.807, 2.05) is 17.0 Å². The van der Waals surface area contributed by atoms with E-state index in [0.29, 0.717) is 22.8 Å². The number of carbonyl (C=O) groups excluding carboxylic acids is 1. The minimum Gasteiger partial charge on any atom is -0.312 e. The van der Waals surface area contributed by atoms with E-state index in [4.69, 9.17) is 11.6 Å². The molecule has 1 amide bonds. The van der Waals surface area contributed by atoms with E-state index in [0.717, 1.165) is 43.4 Å². The molecule has 0 bridgehead atoms. The predicted molar refractivity (Wildman–Crippen MR) is 112 cm³/mol. The Kier molecular flexibility index (Phi) is 5.34. The van der Waals surface area contributed by atoms with E-state index < -0.39 is 10.0 Å². The first-order valence-corrected chi connectivity index (χ1v) is 11.6. The summed E-state index contributed by atoms with van der Waals surface area (Å²) in [4.78, 5) is 14.6. The maximum absolute atomic E-state index is 12.8. The van der Waals surface area contributed by atoms with Crippen LogP contribution in [0.2, 0.25) is 5.02 Å². The molecule has 28 heavy (non-hydrogen) atoms. The molecule has 5 nitrogen and oxygen atoms in total. The Morgan fingerprint density at radius 2 is 1.82 bits per heavy atom. The second-order valence-electron chi connectivity index (χ2n) is 7.55. The van der Waals surface area contributed by atoms with Crippen LogP contribution in [-0.4, -0.2) is 20.9 Å². The van der Waals surface area contributed by atoms with Gasteiger partial charge in [0.25, 0.3) is 0 Å². The molecular weight excluding hydrogens is 396 g/mol. The highest BCUT2D eigenvalue weighted by atomic mass is 35.5. The van der Waals surface area contributed by atoms with Crippen molar-refractivity contribution in [2.75, 3.05) is 16.2 Å². The first-order chi connectivity index (χ1) is 13.4. The molecule has 2 aromatic carbocycles. The summed E-state index contributed by atoms with van der Waals surface area (Å²) < 4.78 is 27.6. The van der Waals surface area contributed by atoms with Gasteiger partial charge in [-0.1, -0.05) is 36.6 Å². The van der Waals surface area contributed by atoms with Crippen molar-refractivity contribution in [1.82, 2.24) is 0 Å². The van der Waals surface area contributed by atoms with Crippen LogP contribution in [0.1, 0.15) is 36.8 Å². The van der Waals surface area contributed by atoms with Gasteiger partial charge in [0.1, 0.15) is 0 Å². The van der Waals surface area contributed by atoms with Gasteiger partial charge in [0.15, 0.2) is 0 Å². The third-order valence-electron chi connectivity index (χ3n) is 5.49. The zero-order valence-corrected chi connectivity index (χ0v) is 17.1. The molecular formula is C21H23ClN2O3S. The van der Waals surface area contributed by atoms with Gasteiger partial charge in [-0.05, 0) is 60.7 Å². The normalized spacial score (nSPS) is 17.0. The fourth-order valence-electron chi connectivity index (χ4n) is 4.10. The molecule has 4 rings (SSSR count). The van der Waals surface area contributed by atoms with Crippen molar-refractivity contribution in [1.29, 1.82) is 0 Å². The van der Waals surface area contributed by atoms with Crippen LogP contribution >= 0.6 is 11.6 Å². The van der Waals surface area contributed by atoms with Gasteiger partial charge in [0.2, 0.25) is 15.9 Å². The summed E-state index contributed by atoms with van der Waals surface area (Å²) in [7, 11) is -3.53. The van der Waals surface area contributed by atoms with Crippen molar-refractivity contribution < 1.29 is 13.2 Å². The Morgan fingerprint density at radius 3 is 2.54 bits per heavy atom. The maximum atomic E-state index is 12.8. The van der Waals surface area contributed by atoms with E-state index in [-0.39, 0.29) is 17.6 Å². The van der Waals surface area contributed by atoms with Crippen molar-refractivity contribution in [3.8, 4) is 0 Å². The van der Waals surface area contributed by atoms with Crippen LogP contribution < -0.4 is 9.62 Å². The van der Waals surface area contributed by atoms with Gasteiger partial charge >= 0.3 is 0 Å². The maximum Gasteiger partial charge on any atom is 0.236 e. The van der Waals surface area contributed by atoms with Crippen LogP contribution in [-0.2, 0) is 27.0 Å². The number of anilines is 2. The summed E-state index contributed by atoms with van der Waals surface area (Å²) in [6, 6.07) is 12.2. The number of nitrogens with one attached hydrogen (secondary N) is 1.